The zero-order valence-electron chi connectivity index (χ0n) is 14.1. The second kappa shape index (κ2) is 7.97. The fourth-order valence-electron chi connectivity index (χ4n) is 2.34. The molecular weight excluding hydrogens is 293 g/mol. The molecule has 0 saturated carbocycles. The summed E-state index contributed by atoms with van der Waals surface area (Å²) in [5, 5.41) is 3.40. The van der Waals surface area contributed by atoms with Crippen molar-refractivity contribution >= 4 is 0 Å². The average molecular weight is 317 g/mol. The summed E-state index contributed by atoms with van der Waals surface area (Å²) in [5.74, 6) is 0.786. The van der Waals surface area contributed by atoms with Gasteiger partial charge < -0.3 is 14.8 Å². The van der Waals surface area contributed by atoms with Crippen molar-refractivity contribution in [1.82, 2.24) is 5.32 Å². The number of hydrogen-bond donors (Lipinski definition) is 1. The smallest absolute Gasteiger partial charge is 0.165 e. The van der Waals surface area contributed by atoms with Gasteiger partial charge in [0.2, 0.25) is 0 Å². The van der Waals surface area contributed by atoms with Gasteiger partial charge in [0.15, 0.2) is 11.6 Å². The Morgan fingerprint density at radius 3 is 2.52 bits per heavy atom. The summed E-state index contributed by atoms with van der Waals surface area (Å²) >= 11 is 0. The molecule has 0 heterocycles. The minimum atomic E-state index is -0.341. The molecule has 1 unspecified atom stereocenters. The summed E-state index contributed by atoms with van der Waals surface area (Å²) in [4.78, 5) is 0. The van der Waals surface area contributed by atoms with Crippen LogP contribution in [0.15, 0.2) is 42.5 Å². The van der Waals surface area contributed by atoms with Gasteiger partial charge in [-0.1, -0.05) is 18.2 Å². The molecule has 0 bridgehead atoms. The molecule has 0 radical (unpaired) electrons. The lowest BCUT2D eigenvalue weighted by Crippen LogP contribution is -2.18. The van der Waals surface area contributed by atoms with Crippen molar-refractivity contribution in [1.29, 1.82) is 0 Å². The minimum absolute atomic E-state index is 0.135. The van der Waals surface area contributed by atoms with Crippen LogP contribution in [0.3, 0.4) is 0 Å². The van der Waals surface area contributed by atoms with E-state index in [4.69, 9.17) is 9.47 Å². The predicted octanol–water partition coefficient (Wildman–Crippen LogP) is 4.47. The SMILES string of the molecule is COc1ccc(CNC(C)c2cccc(OC(C)C)c2)cc1F. The van der Waals surface area contributed by atoms with E-state index in [1.165, 1.54) is 13.2 Å². The number of benzene rings is 2. The van der Waals surface area contributed by atoms with Gasteiger partial charge in [-0.15, -0.1) is 0 Å². The monoisotopic (exact) mass is 317 g/mol. The third-order valence-electron chi connectivity index (χ3n) is 3.56. The Bertz CT molecular complexity index is 643. The highest BCUT2D eigenvalue weighted by Gasteiger charge is 2.08. The van der Waals surface area contributed by atoms with Gasteiger partial charge in [0.25, 0.3) is 0 Å². The van der Waals surface area contributed by atoms with E-state index in [0.717, 1.165) is 16.9 Å². The maximum Gasteiger partial charge on any atom is 0.165 e. The molecule has 23 heavy (non-hydrogen) atoms. The normalized spacial score (nSPS) is 12.3. The molecule has 3 nitrogen and oxygen atoms in total. The van der Waals surface area contributed by atoms with E-state index in [0.29, 0.717) is 6.54 Å². The first-order valence-corrected chi connectivity index (χ1v) is 7.82. The Morgan fingerprint density at radius 1 is 1.09 bits per heavy atom. The number of methoxy groups -OCH3 is 1. The minimum Gasteiger partial charge on any atom is -0.494 e. The molecule has 2 aromatic rings. The van der Waals surface area contributed by atoms with Gasteiger partial charge in [-0.3, -0.25) is 0 Å². The van der Waals surface area contributed by atoms with E-state index in [-0.39, 0.29) is 23.7 Å². The Labute approximate surface area is 137 Å². The molecule has 0 aromatic heterocycles. The van der Waals surface area contributed by atoms with Crippen LogP contribution in [0, 0.1) is 5.82 Å². The largest absolute Gasteiger partial charge is 0.494 e. The molecule has 1 N–H and O–H groups in total. The first-order chi connectivity index (χ1) is 11.0. The summed E-state index contributed by atoms with van der Waals surface area (Å²) in [5.41, 5.74) is 2.02. The number of halogens is 1. The van der Waals surface area contributed by atoms with Gasteiger partial charge in [0.05, 0.1) is 13.2 Å². The zero-order valence-corrected chi connectivity index (χ0v) is 14.1. The standard InChI is InChI=1S/C19H24FNO2/c1-13(2)23-17-7-5-6-16(11-17)14(3)21-12-15-8-9-19(22-4)18(20)10-15/h5-11,13-14,21H,12H2,1-4H3. The van der Waals surface area contributed by atoms with Crippen LogP contribution in [0.1, 0.15) is 37.9 Å². The molecule has 2 aromatic carbocycles. The molecule has 4 heteroatoms. The van der Waals surface area contributed by atoms with E-state index >= 15 is 0 Å². The highest BCUT2D eigenvalue weighted by Crippen LogP contribution is 2.21. The van der Waals surface area contributed by atoms with Crippen LogP contribution in [-0.2, 0) is 6.54 Å². The lowest BCUT2D eigenvalue weighted by Gasteiger charge is -2.17. The number of nitrogens with one attached hydrogen (secondary N) is 1. The van der Waals surface area contributed by atoms with E-state index in [1.807, 2.05) is 38.1 Å². The average Bonchev–Trinajstić information content (AvgIpc) is 2.52. The van der Waals surface area contributed by atoms with Crippen LogP contribution in [0.25, 0.3) is 0 Å². The second-order valence-corrected chi connectivity index (χ2v) is 5.81. The topological polar surface area (TPSA) is 30.5 Å². The quantitative estimate of drug-likeness (QED) is 0.817. The second-order valence-electron chi connectivity index (χ2n) is 5.81. The van der Waals surface area contributed by atoms with Crippen LogP contribution in [-0.4, -0.2) is 13.2 Å². The Hall–Kier alpha value is -2.07. The maximum atomic E-state index is 13.7. The van der Waals surface area contributed by atoms with Crippen molar-refractivity contribution in [3.8, 4) is 11.5 Å². The van der Waals surface area contributed by atoms with Crippen molar-refractivity contribution in [2.24, 2.45) is 0 Å². The van der Waals surface area contributed by atoms with Gasteiger partial charge in [-0.2, -0.15) is 0 Å². The lowest BCUT2D eigenvalue weighted by molar-refractivity contribution is 0.242. The van der Waals surface area contributed by atoms with E-state index in [2.05, 4.69) is 18.3 Å². The number of rotatable bonds is 7. The molecule has 0 saturated heterocycles. The highest BCUT2D eigenvalue weighted by atomic mass is 19.1. The van der Waals surface area contributed by atoms with Gasteiger partial charge in [0.1, 0.15) is 5.75 Å². The van der Waals surface area contributed by atoms with Crippen molar-refractivity contribution in [3.63, 3.8) is 0 Å². The molecule has 2 rings (SSSR count). The first kappa shape index (κ1) is 17.3. The molecule has 0 fully saturated rings. The summed E-state index contributed by atoms with van der Waals surface area (Å²) < 4.78 is 24.4. The number of hydrogen-bond acceptors (Lipinski definition) is 3. The number of ether oxygens (including phenoxy) is 2. The third kappa shape index (κ3) is 4.96. The Kier molecular flexibility index (Phi) is 5.99. The van der Waals surface area contributed by atoms with E-state index < -0.39 is 0 Å². The third-order valence-corrected chi connectivity index (χ3v) is 3.56. The van der Waals surface area contributed by atoms with Crippen LogP contribution >= 0.6 is 0 Å². The van der Waals surface area contributed by atoms with Crippen LogP contribution in [0.2, 0.25) is 0 Å². The molecule has 0 spiro atoms. The summed E-state index contributed by atoms with van der Waals surface area (Å²) in [6.45, 7) is 6.67. The van der Waals surface area contributed by atoms with E-state index in [1.54, 1.807) is 6.07 Å². The zero-order chi connectivity index (χ0) is 16.8. The molecule has 0 amide bonds. The fourth-order valence-corrected chi connectivity index (χ4v) is 2.34. The molecule has 1 atom stereocenters. The van der Waals surface area contributed by atoms with Gasteiger partial charge >= 0.3 is 0 Å². The molecular formula is C19H24FNO2. The van der Waals surface area contributed by atoms with Gasteiger partial charge in [-0.25, -0.2) is 4.39 Å². The Balaban J connectivity index is 1.99. The Morgan fingerprint density at radius 2 is 1.87 bits per heavy atom. The van der Waals surface area contributed by atoms with Crippen molar-refractivity contribution in [3.05, 3.63) is 59.4 Å². The lowest BCUT2D eigenvalue weighted by atomic mass is 10.1. The summed E-state index contributed by atoms with van der Waals surface area (Å²) in [6.07, 6.45) is 0.149. The van der Waals surface area contributed by atoms with Crippen LogP contribution < -0.4 is 14.8 Å². The fraction of sp³-hybridized carbons (Fsp3) is 0.368. The highest BCUT2D eigenvalue weighted by molar-refractivity contribution is 5.31. The van der Waals surface area contributed by atoms with Crippen LogP contribution in [0.4, 0.5) is 4.39 Å². The summed E-state index contributed by atoms with van der Waals surface area (Å²) in [7, 11) is 1.46. The summed E-state index contributed by atoms with van der Waals surface area (Å²) in [6, 6.07) is 13.2. The van der Waals surface area contributed by atoms with Crippen molar-refractivity contribution in [2.45, 2.75) is 39.5 Å². The van der Waals surface area contributed by atoms with Gasteiger partial charge in [-0.05, 0) is 56.2 Å². The maximum absolute atomic E-state index is 13.7. The van der Waals surface area contributed by atoms with E-state index in [9.17, 15) is 4.39 Å². The van der Waals surface area contributed by atoms with Crippen molar-refractivity contribution in [2.75, 3.05) is 7.11 Å². The van der Waals surface area contributed by atoms with Crippen molar-refractivity contribution < 1.29 is 13.9 Å². The molecule has 0 aliphatic carbocycles. The molecule has 0 aliphatic rings. The first-order valence-electron chi connectivity index (χ1n) is 7.82. The molecule has 124 valence electrons. The predicted molar refractivity (Wildman–Crippen MR) is 90.4 cm³/mol. The van der Waals surface area contributed by atoms with Crippen LogP contribution in [0.5, 0.6) is 11.5 Å². The van der Waals surface area contributed by atoms with Gasteiger partial charge in [0, 0.05) is 12.6 Å². The molecule has 0 aliphatic heterocycles.